The van der Waals surface area contributed by atoms with E-state index in [9.17, 15) is 43.5 Å². The number of phenols is 1. The second kappa shape index (κ2) is 20.8. The number of aryl methyl sites for hydroxylation is 1. The Morgan fingerprint density at radius 3 is 2.39 bits per heavy atom. The lowest BCUT2D eigenvalue weighted by atomic mass is 9.85. The number of aromatic hydroxyl groups is 1. The number of rotatable bonds is 19. The van der Waals surface area contributed by atoms with Crippen LogP contribution in [0.4, 0.5) is 15.3 Å². The Balaban J connectivity index is 1.13. The van der Waals surface area contributed by atoms with E-state index < -0.39 is 71.0 Å². The second-order valence-electron chi connectivity index (χ2n) is 16.0. The number of nitrogens with two attached hydrogens (primary N) is 1. The third-order valence-electron chi connectivity index (χ3n) is 11.3. The molecule has 2 aromatic carbocycles. The number of benzene rings is 2. The van der Waals surface area contributed by atoms with E-state index in [-0.39, 0.29) is 73.9 Å². The van der Waals surface area contributed by atoms with Crippen molar-refractivity contribution in [1.82, 2.24) is 25.5 Å². The fourth-order valence-corrected chi connectivity index (χ4v) is 8.51. The Morgan fingerprint density at radius 2 is 1.73 bits per heavy atom. The fourth-order valence-electron chi connectivity index (χ4n) is 7.97. The number of fused-ring (bicyclic) bond motifs is 5. The number of ether oxygens (including phenoxy) is 3. The van der Waals surface area contributed by atoms with Crippen LogP contribution in [0.15, 0.2) is 53.3 Å². The molecule has 8 N–H and O–H groups in total. The molecule has 2 aliphatic heterocycles. The van der Waals surface area contributed by atoms with Crippen LogP contribution in [0.2, 0.25) is 0 Å². The number of esters is 1. The van der Waals surface area contributed by atoms with Crippen molar-refractivity contribution < 1.29 is 58.0 Å². The summed E-state index contributed by atoms with van der Waals surface area (Å²) in [7, 11) is 0. The first-order valence-electron chi connectivity index (χ1n) is 21.2. The van der Waals surface area contributed by atoms with Crippen molar-refractivity contribution in [2.75, 3.05) is 23.4 Å². The van der Waals surface area contributed by atoms with Crippen molar-refractivity contribution in [2.24, 2.45) is 11.7 Å². The molecule has 0 radical (unpaired) electrons. The van der Waals surface area contributed by atoms with Gasteiger partial charge in [0.05, 0.1) is 40.5 Å². The molecular weight excluding hydrogens is 879 g/mol. The van der Waals surface area contributed by atoms with Gasteiger partial charge in [-0.05, 0) is 79.1 Å². The third-order valence-corrected chi connectivity index (χ3v) is 12.2. The molecule has 66 heavy (non-hydrogen) atoms. The van der Waals surface area contributed by atoms with Crippen LogP contribution in [0.25, 0.3) is 22.3 Å². The van der Waals surface area contributed by atoms with Crippen LogP contribution in [-0.4, -0.2) is 91.7 Å². The number of amides is 5. The highest BCUT2D eigenvalue weighted by Crippen LogP contribution is 2.42. The molecule has 0 unspecified atom stereocenters. The summed E-state index contributed by atoms with van der Waals surface area (Å²) in [5.41, 5.74) is 7.14. The Kier molecular flexibility index (Phi) is 15.2. The summed E-state index contributed by atoms with van der Waals surface area (Å²) in [6.45, 7) is 6.65. The first-order chi connectivity index (χ1) is 31.5. The maximum Gasteiger partial charge on any atom is 0.510 e. The molecule has 4 heterocycles. The average Bonchev–Trinajstić information content (AvgIpc) is 3.64. The molecule has 0 bridgehead atoms. The van der Waals surface area contributed by atoms with Crippen LogP contribution < -0.4 is 32.6 Å². The number of carboxylic acids is 1. The zero-order valence-electron chi connectivity index (χ0n) is 36.7. The fraction of sp³-hybridized carbons (Fsp3) is 0.400. The lowest BCUT2D eigenvalue weighted by Crippen LogP contribution is -2.54. The predicted molar refractivity (Wildman–Crippen MR) is 240 cm³/mol. The van der Waals surface area contributed by atoms with Crippen LogP contribution in [-0.2, 0) is 70.0 Å². The first-order valence-corrected chi connectivity index (χ1v) is 22.4. The molecule has 0 saturated heterocycles. The molecule has 0 saturated carbocycles. The molecular formula is C45H51N7O13S. The van der Waals surface area contributed by atoms with Crippen LogP contribution in [0.3, 0.4) is 0 Å². The van der Waals surface area contributed by atoms with Crippen LogP contribution >= 0.6 is 11.8 Å². The molecule has 2 aliphatic rings. The second-order valence-corrected chi connectivity index (χ2v) is 17.0. The maximum absolute atomic E-state index is 14.1. The van der Waals surface area contributed by atoms with Gasteiger partial charge in [-0.3, -0.25) is 24.0 Å². The van der Waals surface area contributed by atoms with E-state index in [0.29, 0.717) is 34.6 Å². The number of carbonyl (C=O) groups excluding carboxylic acids is 6. The number of nitrogens with one attached hydrogen (secondary N) is 4. The number of thioether (sulfide) groups is 1. The van der Waals surface area contributed by atoms with E-state index in [1.807, 2.05) is 6.92 Å². The van der Waals surface area contributed by atoms with Gasteiger partial charge in [0.25, 0.3) is 5.56 Å². The topological polar surface area (TPSA) is 297 Å². The largest absolute Gasteiger partial charge is 0.510 e. The van der Waals surface area contributed by atoms with Gasteiger partial charge in [-0.25, -0.2) is 19.4 Å². The van der Waals surface area contributed by atoms with Crippen molar-refractivity contribution in [3.05, 3.63) is 86.7 Å². The number of phenolic OH excluding ortho intramolecular Hbond substituents is 1. The maximum atomic E-state index is 14.1. The van der Waals surface area contributed by atoms with Crippen LogP contribution in [0, 0.1) is 5.92 Å². The van der Waals surface area contributed by atoms with Gasteiger partial charge < -0.3 is 56.0 Å². The van der Waals surface area contributed by atoms with E-state index in [1.165, 1.54) is 18.2 Å². The number of hydrogen-bond acceptors (Lipinski definition) is 14. The van der Waals surface area contributed by atoms with Crippen molar-refractivity contribution in [1.29, 1.82) is 0 Å². The summed E-state index contributed by atoms with van der Waals surface area (Å²) < 4.78 is 18.2. The Hall–Kier alpha value is -7.16. The van der Waals surface area contributed by atoms with Gasteiger partial charge in [0, 0.05) is 28.7 Å². The number of aromatic nitrogens is 2. The minimum atomic E-state index is -2.02. The summed E-state index contributed by atoms with van der Waals surface area (Å²) in [6.07, 6.45) is -0.387. The molecule has 21 heteroatoms. The van der Waals surface area contributed by atoms with Gasteiger partial charge in [0.15, 0.2) is 0 Å². The number of pyridine rings is 2. The van der Waals surface area contributed by atoms with Gasteiger partial charge in [0.1, 0.15) is 31.0 Å². The highest BCUT2D eigenvalue weighted by Gasteiger charge is 2.51. The summed E-state index contributed by atoms with van der Waals surface area (Å²) in [4.78, 5) is 107. The molecule has 4 aromatic rings. The summed E-state index contributed by atoms with van der Waals surface area (Å²) >= 11 is 0.868. The minimum Gasteiger partial charge on any atom is -0.508 e. The monoisotopic (exact) mass is 929 g/mol. The normalized spacial score (nSPS) is 15.6. The lowest BCUT2D eigenvalue weighted by Gasteiger charge is -2.35. The average molecular weight is 930 g/mol. The Labute approximate surface area is 382 Å². The van der Waals surface area contributed by atoms with E-state index in [1.54, 1.807) is 55.7 Å². The molecule has 6 rings (SSSR count). The van der Waals surface area contributed by atoms with Crippen LogP contribution in [0.5, 0.6) is 5.75 Å². The standard InChI is InChI=1S/C45H51N7O13S/c1-5-27-28-16-26(53)13-14-32(28)49-38-29(27)18-52-34(38)17-31-30(41(52)59)20-63-42(60)45(31,6-2)65-44(62)64-19-24-9-11-25(12-10-24)48-39(57)33(8-7-15-47-43(46)61)50-40(58)37(23(3)4)51-35(54)21-66-22-36(55)56/h9-14,16-17,23,33,37,53H,5-8,15,18-22H2,1-4H3,(H,48,57)(H,50,58)(H,51,54)(H,55,56)(H3,46,47,61)/t33-,37-,45-/m0/s1. The highest BCUT2D eigenvalue weighted by atomic mass is 32.2. The van der Waals surface area contributed by atoms with Gasteiger partial charge >= 0.3 is 24.1 Å². The molecule has 5 amide bonds. The molecule has 0 spiro atoms. The molecule has 350 valence electrons. The van der Waals surface area contributed by atoms with Gasteiger partial charge in [-0.2, -0.15) is 0 Å². The van der Waals surface area contributed by atoms with E-state index in [4.69, 9.17) is 30.0 Å². The number of aliphatic carboxylic acids is 1. The zero-order valence-corrected chi connectivity index (χ0v) is 37.5. The zero-order chi connectivity index (χ0) is 47.9. The molecule has 0 fully saturated rings. The number of cyclic esters (lactones) is 1. The Bertz CT molecular complexity index is 2630. The van der Waals surface area contributed by atoms with Gasteiger partial charge in [-0.15, -0.1) is 11.8 Å². The molecule has 20 nitrogen and oxygen atoms in total. The number of nitrogens with zero attached hydrogens (tertiary/aromatic N) is 2. The summed E-state index contributed by atoms with van der Waals surface area (Å²) in [5.74, 6) is -4.59. The quantitative estimate of drug-likeness (QED) is 0.0460. The van der Waals surface area contributed by atoms with Gasteiger partial charge in [-0.1, -0.05) is 39.8 Å². The molecule has 0 aliphatic carbocycles. The van der Waals surface area contributed by atoms with Crippen LogP contribution in [0.1, 0.15) is 74.8 Å². The highest BCUT2D eigenvalue weighted by molar-refractivity contribution is 8.00. The summed E-state index contributed by atoms with van der Waals surface area (Å²) in [6, 6.07) is 9.75. The number of carboxylic acid groups (broad SMARTS) is 1. The first kappa shape index (κ1) is 48.3. The van der Waals surface area contributed by atoms with E-state index in [0.717, 1.165) is 28.3 Å². The van der Waals surface area contributed by atoms with E-state index >= 15 is 0 Å². The minimum absolute atomic E-state index is 0.0705. The number of carbonyl (C=O) groups is 7. The number of primary amides is 1. The molecule has 3 atom stereocenters. The van der Waals surface area contributed by atoms with Crippen molar-refractivity contribution in [3.63, 3.8) is 0 Å². The van der Waals surface area contributed by atoms with E-state index in [2.05, 4.69) is 21.3 Å². The number of anilines is 1. The molecule has 2 aromatic heterocycles. The SMILES string of the molecule is CCc1c2c(nc3ccc(O)cc13)-c1cc3c(c(=O)n1C2)COC(=O)[C@@]3(CC)OC(=O)OCc1ccc(NC(=O)[C@H](CCCNC(N)=O)NC(=O)[C@@H](NC(=O)CSCC(=O)O)C(C)C)cc1. The Morgan fingerprint density at radius 1 is 0.985 bits per heavy atom. The number of hydrogen-bond donors (Lipinski definition) is 7. The van der Waals surface area contributed by atoms with Crippen molar-refractivity contribution in [3.8, 4) is 17.1 Å². The lowest BCUT2D eigenvalue weighted by molar-refractivity contribution is -0.175. The van der Waals surface area contributed by atoms with Gasteiger partial charge in [0.2, 0.25) is 23.3 Å². The smallest absolute Gasteiger partial charge is 0.508 e. The van der Waals surface area contributed by atoms with Crippen molar-refractivity contribution in [2.45, 2.75) is 90.8 Å². The predicted octanol–water partition coefficient (Wildman–Crippen LogP) is 3.54. The number of urea groups is 1. The van der Waals surface area contributed by atoms with Crippen molar-refractivity contribution >= 4 is 70.2 Å². The third kappa shape index (κ3) is 10.7. The summed E-state index contributed by atoms with van der Waals surface area (Å²) in [5, 5.41) is 30.2.